The van der Waals surface area contributed by atoms with Crippen LogP contribution in [0.4, 0.5) is 4.79 Å². The average molecular weight is 641 g/mol. The summed E-state index contributed by atoms with van der Waals surface area (Å²) < 4.78 is 17.1. The summed E-state index contributed by atoms with van der Waals surface area (Å²) in [7, 11) is 0. The number of hydrogen-bond donors (Lipinski definition) is 0. The molecule has 0 fully saturated rings. The molecule has 0 heterocycles. The first kappa shape index (κ1) is 43.7. The minimum atomic E-state index is -0.623. The number of hydrogen-bond acceptors (Lipinski definition) is 7. The van der Waals surface area contributed by atoms with Crippen LogP contribution in [0.25, 0.3) is 0 Å². The van der Waals surface area contributed by atoms with E-state index in [1.165, 1.54) is 64.2 Å². The lowest BCUT2D eigenvalue weighted by Gasteiger charge is -2.29. The molecule has 0 radical (unpaired) electrons. The summed E-state index contributed by atoms with van der Waals surface area (Å²) in [4.78, 5) is 30.2. The molecule has 0 aromatic rings. The fourth-order valence-corrected chi connectivity index (χ4v) is 5.86. The minimum absolute atomic E-state index is 0.173. The quantitative estimate of drug-likeness (QED) is 0.0535. The van der Waals surface area contributed by atoms with Gasteiger partial charge in [-0.15, -0.1) is 0 Å². The van der Waals surface area contributed by atoms with Crippen molar-refractivity contribution in [2.24, 2.45) is 5.92 Å². The highest BCUT2D eigenvalue weighted by molar-refractivity contribution is 5.69. The minimum Gasteiger partial charge on any atom is -0.465 e. The van der Waals surface area contributed by atoms with E-state index in [0.29, 0.717) is 38.1 Å². The van der Waals surface area contributed by atoms with Crippen LogP contribution in [0, 0.1) is 5.92 Å². The third-order valence-electron chi connectivity index (χ3n) is 9.15. The number of esters is 1. The number of carbonyl (C=O) groups is 2. The maximum Gasteiger partial charge on any atom is 0.508 e. The van der Waals surface area contributed by atoms with E-state index < -0.39 is 6.16 Å². The van der Waals surface area contributed by atoms with Crippen LogP contribution >= 0.6 is 0 Å². The van der Waals surface area contributed by atoms with E-state index in [4.69, 9.17) is 14.2 Å². The van der Waals surface area contributed by atoms with Crippen LogP contribution in [0.3, 0.4) is 0 Å². The number of likely N-dealkylation sites (N-methyl/N-ethyl adjacent to an activating group) is 1. The van der Waals surface area contributed by atoms with E-state index in [1.54, 1.807) is 0 Å². The molecule has 7 heteroatoms. The maximum absolute atomic E-state index is 12.8. The van der Waals surface area contributed by atoms with Crippen LogP contribution in [0.1, 0.15) is 170 Å². The Morgan fingerprint density at radius 1 is 0.600 bits per heavy atom. The van der Waals surface area contributed by atoms with E-state index in [9.17, 15) is 9.59 Å². The van der Waals surface area contributed by atoms with Gasteiger partial charge in [0, 0.05) is 32.1 Å². The van der Waals surface area contributed by atoms with Crippen molar-refractivity contribution in [2.45, 2.75) is 183 Å². The van der Waals surface area contributed by atoms with Crippen molar-refractivity contribution in [3.8, 4) is 0 Å². The molecule has 7 nitrogen and oxygen atoms in total. The van der Waals surface area contributed by atoms with Crippen molar-refractivity contribution in [3.05, 3.63) is 0 Å². The number of ether oxygens (including phenoxy) is 3. The summed E-state index contributed by atoms with van der Waals surface area (Å²) in [6.45, 7) is 20.9. The molecular weight excluding hydrogens is 564 g/mol. The van der Waals surface area contributed by atoms with Crippen molar-refractivity contribution < 1.29 is 23.8 Å². The molecule has 0 rings (SSSR count). The number of carbonyl (C=O) groups excluding carboxylic acids is 2. The Kier molecular flexibility index (Phi) is 30.3. The summed E-state index contributed by atoms with van der Waals surface area (Å²) in [5, 5.41) is 0. The molecule has 0 bridgehead atoms. The summed E-state index contributed by atoms with van der Waals surface area (Å²) in [6, 6.07) is 0.374. The Labute approximate surface area is 279 Å². The fraction of sp³-hybridized carbons (Fsp3) is 0.947. The van der Waals surface area contributed by atoms with Gasteiger partial charge in [-0.1, -0.05) is 118 Å². The van der Waals surface area contributed by atoms with Gasteiger partial charge < -0.3 is 19.1 Å². The molecule has 0 saturated heterocycles. The second kappa shape index (κ2) is 31.3. The van der Waals surface area contributed by atoms with E-state index in [1.807, 2.05) is 0 Å². The van der Waals surface area contributed by atoms with Gasteiger partial charge >= 0.3 is 12.1 Å². The Morgan fingerprint density at radius 3 is 1.69 bits per heavy atom. The third kappa shape index (κ3) is 26.4. The second-order valence-electron chi connectivity index (χ2n) is 13.3. The highest BCUT2D eigenvalue weighted by atomic mass is 16.7. The molecule has 2 atom stereocenters. The van der Waals surface area contributed by atoms with Gasteiger partial charge in [-0.05, 0) is 65.0 Å². The standard InChI is InChI=1S/C38H76N2O5/c1-8-13-16-19-20-22-25-35(24-21-17-14-9-2)33-44-37(41)28-27-36(26-23-18-15-10-3)45-38(42)43-32-31-40(34(6)7)30-29-39(11-4)12-5/h34-36H,8-33H2,1-7H3. The van der Waals surface area contributed by atoms with Gasteiger partial charge in [0.2, 0.25) is 0 Å². The van der Waals surface area contributed by atoms with E-state index in [-0.39, 0.29) is 18.5 Å². The van der Waals surface area contributed by atoms with Gasteiger partial charge in [0.1, 0.15) is 12.7 Å². The van der Waals surface area contributed by atoms with Crippen molar-refractivity contribution >= 4 is 12.1 Å². The molecule has 0 aliphatic rings. The van der Waals surface area contributed by atoms with Crippen LogP contribution in [0.15, 0.2) is 0 Å². The Morgan fingerprint density at radius 2 is 1.13 bits per heavy atom. The Hall–Kier alpha value is -1.34. The van der Waals surface area contributed by atoms with Crippen LogP contribution < -0.4 is 0 Å². The molecule has 0 aliphatic carbocycles. The smallest absolute Gasteiger partial charge is 0.465 e. The molecule has 0 aromatic heterocycles. The third-order valence-corrected chi connectivity index (χ3v) is 9.15. The molecule has 0 spiro atoms. The molecule has 0 aromatic carbocycles. The highest BCUT2D eigenvalue weighted by Gasteiger charge is 2.20. The van der Waals surface area contributed by atoms with Crippen LogP contribution in [0.2, 0.25) is 0 Å². The predicted molar refractivity (Wildman–Crippen MR) is 190 cm³/mol. The lowest BCUT2D eigenvalue weighted by atomic mass is 9.95. The summed E-state index contributed by atoms with van der Waals surface area (Å²) in [6.07, 6.45) is 20.0. The van der Waals surface area contributed by atoms with Gasteiger partial charge in [-0.2, -0.15) is 0 Å². The highest BCUT2D eigenvalue weighted by Crippen LogP contribution is 2.20. The Balaban J connectivity index is 4.78. The summed E-state index contributed by atoms with van der Waals surface area (Å²) in [5.74, 6) is 0.276. The zero-order chi connectivity index (χ0) is 33.5. The Bertz CT molecular complexity index is 671. The molecule has 0 amide bonds. The largest absolute Gasteiger partial charge is 0.508 e. The number of nitrogens with zero attached hydrogens (tertiary/aromatic N) is 2. The van der Waals surface area contributed by atoms with Crippen LogP contribution in [-0.4, -0.2) is 80.0 Å². The zero-order valence-corrected chi connectivity index (χ0v) is 31.1. The molecular formula is C38H76N2O5. The van der Waals surface area contributed by atoms with Gasteiger partial charge in [-0.3, -0.25) is 9.69 Å². The SMILES string of the molecule is CCCCCCCCC(CCCCCC)COC(=O)CCC(CCCCCC)OC(=O)OCCN(CCN(CC)CC)C(C)C. The number of rotatable bonds is 32. The van der Waals surface area contributed by atoms with E-state index >= 15 is 0 Å². The summed E-state index contributed by atoms with van der Waals surface area (Å²) >= 11 is 0. The molecule has 268 valence electrons. The monoisotopic (exact) mass is 641 g/mol. The molecule has 0 saturated carbocycles. The summed E-state index contributed by atoms with van der Waals surface area (Å²) in [5.41, 5.74) is 0. The van der Waals surface area contributed by atoms with Crippen LogP contribution in [0.5, 0.6) is 0 Å². The predicted octanol–water partition coefficient (Wildman–Crippen LogP) is 10.2. The first-order valence-electron chi connectivity index (χ1n) is 19.3. The van der Waals surface area contributed by atoms with Crippen molar-refractivity contribution in [2.75, 3.05) is 45.9 Å². The average Bonchev–Trinajstić information content (AvgIpc) is 3.03. The first-order valence-corrected chi connectivity index (χ1v) is 19.3. The van der Waals surface area contributed by atoms with E-state index in [2.05, 4.69) is 58.3 Å². The molecule has 2 unspecified atom stereocenters. The lowest BCUT2D eigenvalue weighted by Crippen LogP contribution is -2.40. The molecule has 0 N–H and O–H groups in total. The second-order valence-corrected chi connectivity index (χ2v) is 13.3. The van der Waals surface area contributed by atoms with Crippen molar-refractivity contribution in [1.29, 1.82) is 0 Å². The van der Waals surface area contributed by atoms with Crippen molar-refractivity contribution in [1.82, 2.24) is 9.80 Å². The van der Waals surface area contributed by atoms with E-state index in [0.717, 1.165) is 71.1 Å². The lowest BCUT2D eigenvalue weighted by molar-refractivity contribution is -0.146. The first-order chi connectivity index (χ1) is 21.8. The maximum atomic E-state index is 12.8. The molecule has 0 aliphatic heterocycles. The topological polar surface area (TPSA) is 68.3 Å². The van der Waals surface area contributed by atoms with Gasteiger partial charge in [0.15, 0.2) is 0 Å². The van der Waals surface area contributed by atoms with Gasteiger partial charge in [0.25, 0.3) is 0 Å². The van der Waals surface area contributed by atoms with Crippen molar-refractivity contribution in [3.63, 3.8) is 0 Å². The normalized spacial score (nSPS) is 13.0. The number of unbranched alkanes of at least 4 members (excludes halogenated alkanes) is 11. The van der Waals surface area contributed by atoms with Gasteiger partial charge in [-0.25, -0.2) is 4.79 Å². The molecule has 45 heavy (non-hydrogen) atoms. The van der Waals surface area contributed by atoms with Gasteiger partial charge in [0.05, 0.1) is 6.61 Å². The fourth-order valence-electron chi connectivity index (χ4n) is 5.86. The zero-order valence-electron chi connectivity index (χ0n) is 31.1. The van der Waals surface area contributed by atoms with Crippen LogP contribution in [-0.2, 0) is 19.0 Å².